The van der Waals surface area contributed by atoms with Crippen LogP contribution in [0.25, 0.3) is 0 Å². The predicted octanol–water partition coefficient (Wildman–Crippen LogP) is 1.06. The van der Waals surface area contributed by atoms with E-state index in [1.54, 1.807) is 6.92 Å². The van der Waals surface area contributed by atoms with Gasteiger partial charge in [-0.15, -0.1) is 0 Å². The lowest BCUT2D eigenvalue weighted by atomic mass is 10.2. The van der Waals surface area contributed by atoms with Gasteiger partial charge in [0.2, 0.25) is 5.95 Å². The Morgan fingerprint density at radius 3 is 2.93 bits per heavy atom. The van der Waals surface area contributed by atoms with Gasteiger partial charge in [-0.3, -0.25) is 0 Å². The minimum atomic E-state index is -1.01. The second-order valence-corrected chi connectivity index (χ2v) is 3.45. The molecule has 0 aromatic carbocycles. The zero-order valence-electron chi connectivity index (χ0n) is 7.82. The van der Waals surface area contributed by atoms with Gasteiger partial charge in [0.25, 0.3) is 0 Å². The molecule has 0 amide bonds. The zero-order chi connectivity index (χ0) is 10.1. The van der Waals surface area contributed by atoms with Crippen LogP contribution in [0, 0.1) is 6.92 Å². The van der Waals surface area contributed by atoms with E-state index in [9.17, 15) is 4.79 Å². The van der Waals surface area contributed by atoms with Gasteiger partial charge in [0.1, 0.15) is 0 Å². The maximum atomic E-state index is 10.8. The highest BCUT2D eigenvalue weighted by atomic mass is 16.4. The molecule has 0 bridgehead atoms. The van der Waals surface area contributed by atoms with Gasteiger partial charge in [-0.05, 0) is 19.8 Å². The summed E-state index contributed by atoms with van der Waals surface area (Å²) in [5, 5.41) is 11.9. The van der Waals surface area contributed by atoms with E-state index in [2.05, 4.69) is 15.3 Å². The molecule has 1 saturated carbocycles. The first-order chi connectivity index (χ1) is 6.66. The number of nitrogens with zero attached hydrogens (tertiary/aromatic N) is 2. The fraction of sp³-hybridized carbons (Fsp3) is 0.444. The van der Waals surface area contributed by atoms with Crippen molar-refractivity contribution in [2.45, 2.75) is 25.8 Å². The first-order valence-electron chi connectivity index (χ1n) is 4.50. The van der Waals surface area contributed by atoms with E-state index >= 15 is 0 Å². The number of anilines is 1. The Kier molecular flexibility index (Phi) is 2.07. The van der Waals surface area contributed by atoms with Crippen molar-refractivity contribution in [3.63, 3.8) is 0 Å². The topological polar surface area (TPSA) is 75.1 Å². The highest BCUT2D eigenvalue weighted by molar-refractivity contribution is 5.87. The number of carboxylic acid groups (broad SMARTS) is 1. The van der Waals surface area contributed by atoms with E-state index in [0.29, 0.717) is 17.6 Å². The lowest BCUT2D eigenvalue weighted by Gasteiger charge is -2.04. The van der Waals surface area contributed by atoms with Crippen molar-refractivity contribution in [3.8, 4) is 0 Å². The van der Waals surface area contributed by atoms with Crippen molar-refractivity contribution >= 4 is 11.9 Å². The Labute approximate surface area is 81.2 Å². The minimum absolute atomic E-state index is 0.0724. The van der Waals surface area contributed by atoms with Crippen LogP contribution in [-0.4, -0.2) is 27.1 Å². The molecule has 1 heterocycles. The van der Waals surface area contributed by atoms with Crippen LogP contribution in [0.4, 0.5) is 5.95 Å². The van der Waals surface area contributed by atoms with Crippen molar-refractivity contribution in [3.05, 3.63) is 17.5 Å². The van der Waals surface area contributed by atoms with E-state index in [-0.39, 0.29) is 5.69 Å². The average Bonchev–Trinajstić information content (AvgIpc) is 2.92. The summed E-state index contributed by atoms with van der Waals surface area (Å²) in [6.45, 7) is 1.68. The molecule has 5 heteroatoms. The van der Waals surface area contributed by atoms with Gasteiger partial charge < -0.3 is 10.4 Å². The minimum Gasteiger partial charge on any atom is -0.476 e. The normalized spacial score (nSPS) is 15.2. The Bertz CT molecular complexity index is 374. The van der Waals surface area contributed by atoms with Crippen LogP contribution in [0.3, 0.4) is 0 Å². The Balaban J connectivity index is 2.24. The van der Waals surface area contributed by atoms with Crippen LogP contribution < -0.4 is 5.32 Å². The van der Waals surface area contributed by atoms with Crippen molar-refractivity contribution in [1.82, 2.24) is 9.97 Å². The number of carboxylic acids is 1. The number of hydrogen-bond acceptors (Lipinski definition) is 4. The molecule has 74 valence electrons. The maximum absolute atomic E-state index is 10.8. The van der Waals surface area contributed by atoms with Crippen LogP contribution in [-0.2, 0) is 0 Å². The molecular weight excluding hydrogens is 182 g/mol. The molecule has 1 aliphatic rings. The number of hydrogen-bond donors (Lipinski definition) is 2. The standard InChI is InChI=1S/C9H11N3O2/c1-5-4-10-9(11-6-2-3-6)12-7(5)8(13)14/h4,6H,2-3H2,1H3,(H,13,14)(H,10,11,12). The molecule has 2 rings (SSSR count). The van der Waals surface area contributed by atoms with Crippen LogP contribution in [0.5, 0.6) is 0 Å². The number of nitrogens with one attached hydrogen (secondary N) is 1. The lowest BCUT2D eigenvalue weighted by Crippen LogP contribution is -2.10. The monoisotopic (exact) mass is 193 g/mol. The van der Waals surface area contributed by atoms with Crippen molar-refractivity contribution in [2.24, 2.45) is 0 Å². The van der Waals surface area contributed by atoms with E-state index in [1.165, 1.54) is 6.20 Å². The molecule has 5 nitrogen and oxygen atoms in total. The third-order valence-electron chi connectivity index (χ3n) is 2.08. The van der Waals surface area contributed by atoms with Crippen molar-refractivity contribution in [2.75, 3.05) is 5.32 Å². The van der Waals surface area contributed by atoms with Gasteiger partial charge in [-0.1, -0.05) is 0 Å². The van der Waals surface area contributed by atoms with Crippen LogP contribution >= 0.6 is 0 Å². The van der Waals surface area contributed by atoms with Crippen molar-refractivity contribution < 1.29 is 9.90 Å². The van der Waals surface area contributed by atoms with Crippen LogP contribution in [0.15, 0.2) is 6.20 Å². The highest BCUT2D eigenvalue weighted by Crippen LogP contribution is 2.22. The molecule has 0 unspecified atom stereocenters. The molecule has 0 saturated heterocycles. The summed E-state index contributed by atoms with van der Waals surface area (Å²) in [4.78, 5) is 18.7. The van der Waals surface area contributed by atoms with E-state index in [0.717, 1.165) is 12.8 Å². The molecule has 1 aliphatic carbocycles. The molecule has 1 aromatic heterocycles. The summed E-state index contributed by atoms with van der Waals surface area (Å²) in [6, 6.07) is 0.430. The second-order valence-electron chi connectivity index (χ2n) is 3.45. The van der Waals surface area contributed by atoms with E-state index in [1.807, 2.05) is 0 Å². The van der Waals surface area contributed by atoms with E-state index in [4.69, 9.17) is 5.11 Å². The van der Waals surface area contributed by atoms with Gasteiger partial charge in [0.05, 0.1) is 0 Å². The molecule has 0 radical (unpaired) electrons. The van der Waals surface area contributed by atoms with Gasteiger partial charge in [-0.25, -0.2) is 14.8 Å². The summed E-state index contributed by atoms with van der Waals surface area (Å²) in [7, 11) is 0. The van der Waals surface area contributed by atoms with Crippen molar-refractivity contribution in [1.29, 1.82) is 0 Å². The van der Waals surface area contributed by atoms with E-state index < -0.39 is 5.97 Å². The average molecular weight is 193 g/mol. The SMILES string of the molecule is Cc1cnc(NC2CC2)nc1C(=O)O. The number of aromatic carboxylic acids is 1. The Hall–Kier alpha value is -1.65. The third kappa shape index (κ3) is 1.81. The first-order valence-corrected chi connectivity index (χ1v) is 4.50. The first kappa shape index (κ1) is 8.93. The quantitative estimate of drug-likeness (QED) is 0.750. The molecule has 14 heavy (non-hydrogen) atoms. The zero-order valence-corrected chi connectivity index (χ0v) is 7.82. The predicted molar refractivity (Wildman–Crippen MR) is 50.4 cm³/mol. The fourth-order valence-electron chi connectivity index (χ4n) is 1.14. The summed E-state index contributed by atoms with van der Waals surface area (Å²) in [5.74, 6) is -0.598. The van der Waals surface area contributed by atoms with Gasteiger partial charge in [-0.2, -0.15) is 0 Å². The van der Waals surface area contributed by atoms with Crippen LogP contribution in [0.1, 0.15) is 28.9 Å². The molecule has 1 aromatic rings. The molecular formula is C9H11N3O2. The molecule has 0 aliphatic heterocycles. The Morgan fingerprint density at radius 1 is 1.64 bits per heavy atom. The molecule has 0 atom stereocenters. The number of rotatable bonds is 3. The Morgan fingerprint density at radius 2 is 2.36 bits per heavy atom. The number of aryl methyl sites for hydroxylation is 1. The lowest BCUT2D eigenvalue weighted by molar-refractivity contribution is 0.0689. The maximum Gasteiger partial charge on any atom is 0.354 e. The summed E-state index contributed by atoms with van der Waals surface area (Å²) >= 11 is 0. The second kappa shape index (κ2) is 3.25. The molecule has 2 N–H and O–H groups in total. The largest absolute Gasteiger partial charge is 0.476 e. The van der Waals surface area contributed by atoms with Gasteiger partial charge in [0, 0.05) is 17.8 Å². The van der Waals surface area contributed by atoms with Gasteiger partial charge >= 0.3 is 5.97 Å². The number of aromatic nitrogens is 2. The summed E-state index contributed by atoms with van der Waals surface area (Å²) in [6.07, 6.45) is 3.75. The molecule has 0 spiro atoms. The van der Waals surface area contributed by atoms with Gasteiger partial charge in [0.15, 0.2) is 5.69 Å². The van der Waals surface area contributed by atoms with Crippen LogP contribution in [0.2, 0.25) is 0 Å². The third-order valence-corrected chi connectivity index (χ3v) is 2.08. The fourth-order valence-corrected chi connectivity index (χ4v) is 1.14. The summed E-state index contributed by atoms with van der Waals surface area (Å²) < 4.78 is 0. The summed E-state index contributed by atoms with van der Waals surface area (Å²) in [5.41, 5.74) is 0.655. The molecule has 1 fully saturated rings. The smallest absolute Gasteiger partial charge is 0.354 e. The highest BCUT2D eigenvalue weighted by Gasteiger charge is 2.22. The number of carbonyl (C=O) groups is 1.